The summed E-state index contributed by atoms with van der Waals surface area (Å²) in [6, 6.07) is 21.8. The maximum Gasteiger partial charge on any atom is 0.264 e. The molecule has 1 aliphatic rings. The lowest BCUT2D eigenvalue weighted by Crippen LogP contribution is -2.20. The van der Waals surface area contributed by atoms with Gasteiger partial charge in [-0.2, -0.15) is 0 Å². The molecule has 1 aliphatic heterocycles. The Morgan fingerprint density at radius 3 is 2.45 bits per heavy atom. The standard InChI is InChI=1S/C25H20ClN3O3S/c1-16-2-8-19(9-3-16)27-23(30)15-32-21-12-4-17(5-13-21)14-22-24(31)29-25(33-22)28-20-10-6-18(26)7-11-20/h2-14H,15H2,1H3,(H,27,30)(H,28,29,31)/b22-14-. The molecule has 1 saturated heterocycles. The van der Waals surface area contributed by atoms with Gasteiger partial charge >= 0.3 is 0 Å². The fourth-order valence-electron chi connectivity index (χ4n) is 2.91. The van der Waals surface area contributed by atoms with Crippen molar-refractivity contribution in [3.05, 3.63) is 93.9 Å². The zero-order valence-corrected chi connectivity index (χ0v) is 19.2. The van der Waals surface area contributed by atoms with Crippen molar-refractivity contribution in [2.24, 2.45) is 4.99 Å². The first-order valence-corrected chi connectivity index (χ1v) is 11.3. The minimum Gasteiger partial charge on any atom is -0.484 e. The van der Waals surface area contributed by atoms with Crippen LogP contribution in [0.25, 0.3) is 6.08 Å². The number of halogens is 1. The van der Waals surface area contributed by atoms with Gasteiger partial charge in [0, 0.05) is 10.7 Å². The third-order valence-electron chi connectivity index (χ3n) is 4.59. The highest BCUT2D eigenvalue weighted by Gasteiger charge is 2.23. The number of amides is 2. The Hall–Kier alpha value is -3.55. The van der Waals surface area contributed by atoms with Crippen LogP contribution >= 0.6 is 23.4 Å². The van der Waals surface area contributed by atoms with Crippen LogP contribution in [0, 0.1) is 6.92 Å². The molecular formula is C25H20ClN3O3S. The van der Waals surface area contributed by atoms with Gasteiger partial charge in [0.25, 0.3) is 11.8 Å². The molecule has 8 heteroatoms. The topological polar surface area (TPSA) is 79.8 Å². The summed E-state index contributed by atoms with van der Waals surface area (Å²) in [5.41, 5.74) is 3.38. The fraction of sp³-hybridized carbons (Fsp3) is 0.0800. The summed E-state index contributed by atoms with van der Waals surface area (Å²) in [5, 5.41) is 6.68. The van der Waals surface area contributed by atoms with E-state index in [1.54, 1.807) is 42.5 Å². The van der Waals surface area contributed by atoms with E-state index in [1.165, 1.54) is 11.8 Å². The van der Waals surface area contributed by atoms with E-state index in [2.05, 4.69) is 15.6 Å². The number of aryl methyl sites for hydroxylation is 1. The molecule has 166 valence electrons. The summed E-state index contributed by atoms with van der Waals surface area (Å²) >= 11 is 7.15. The summed E-state index contributed by atoms with van der Waals surface area (Å²) in [5.74, 6) is 0.113. The highest BCUT2D eigenvalue weighted by atomic mass is 35.5. The average Bonchev–Trinajstić information content (AvgIpc) is 3.15. The normalized spacial score (nSPS) is 15.5. The molecule has 0 bridgehead atoms. The Bertz CT molecular complexity index is 1220. The van der Waals surface area contributed by atoms with Gasteiger partial charge in [-0.15, -0.1) is 0 Å². The van der Waals surface area contributed by atoms with Crippen molar-refractivity contribution < 1.29 is 14.3 Å². The quantitative estimate of drug-likeness (QED) is 0.456. The van der Waals surface area contributed by atoms with Crippen LogP contribution in [0.4, 0.5) is 11.4 Å². The zero-order chi connectivity index (χ0) is 23.2. The highest BCUT2D eigenvalue weighted by Crippen LogP contribution is 2.28. The average molecular weight is 478 g/mol. The minimum atomic E-state index is -0.239. The smallest absolute Gasteiger partial charge is 0.264 e. The number of carbonyl (C=O) groups is 2. The van der Waals surface area contributed by atoms with Crippen LogP contribution < -0.4 is 15.4 Å². The van der Waals surface area contributed by atoms with Crippen molar-refractivity contribution >= 4 is 57.8 Å². The van der Waals surface area contributed by atoms with Gasteiger partial charge in [-0.1, -0.05) is 41.4 Å². The molecule has 0 saturated carbocycles. The lowest BCUT2D eigenvalue weighted by Gasteiger charge is -2.08. The first-order valence-electron chi connectivity index (χ1n) is 10.1. The Morgan fingerprint density at radius 2 is 1.76 bits per heavy atom. The van der Waals surface area contributed by atoms with Gasteiger partial charge in [0.2, 0.25) is 0 Å². The number of anilines is 1. The zero-order valence-electron chi connectivity index (χ0n) is 17.7. The maximum absolute atomic E-state index is 12.3. The number of nitrogens with one attached hydrogen (secondary N) is 2. The van der Waals surface area contributed by atoms with E-state index in [1.807, 2.05) is 43.3 Å². The van der Waals surface area contributed by atoms with Crippen LogP contribution in [0.3, 0.4) is 0 Å². The summed E-state index contributed by atoms with van der Waals surface area (Å²) in [6.07, 6.45) is 1.78. The van der Waals surface area contributed by atoms with Crippen molar-refractivity contribution in [1.82, 2.24) is 5.32 Å². The number of nitrogens with zero attached hydrogens (tertiary/aromatic N) is 1. The van der Waals surface area contributed by atoms with E-state index in [4.69, 9.17) is 16.3 Å². The van der Waals surface area contributed by atoms with Gasteiger partial charge in [-0.05, 0) is 78.9 Å². The first-order chi connectivity index (χ1) is 15.9. The number of hydrogen-bond donors (Lipinski definition) is 2. The molecule has 6 nitrogen and oxygen atoms in total. The molecule has 2 amide bonds. The third-order valence-corrected chi connectivity index (χ3v) is 5.75. The molecule has 3 aromatic carbocycles. The van der Waals surface area contributed by atoms with Crippen molar-refractivity contribution in [2.45, 2.75) is 6.92 Å². The molecular weight excluding hydrogens is 458 g/mol. The molecule has 0 unspecified atom stereocenters. The van der Waals surface area contributed by atoms with Crippen molar-refractivity contribution in [3.63, 3.8) is 0 Å². The number of ether oxygens (including phenoxy) is 1. The number of carbonyl (C=O) groups excluding carboxylic acids is 2. The van der Waals surface area contributed by atoms with Crippen molar-refractivity contribution in [3.8, 4) is 5.75 Å². The lowest BCUT2D eigenvalue weighted by atomic mass is 10.2. The van der Waals surface area contributed by atoms with Crippen LogP contribution in [0.1, 0.15) is 11.1 Å². The number of amidine groups is 1. The van der Waals surface area contributed by atoms with E-state index in [9.17, 15) is 9.59 Å². The second-order valence-electron chi connectivity index (χ2n) is 7.23. The monoisotopic (exact) mass is 477 g/mol. The van der Waals surface area contributed by atoms with Gasteiger partial charge in [0.05, 0.1) is 10.6 Å². The number of aliphatic imine (C=N–C) groups is 1. The largest absolute Gasteiger partial charge is 0.484 e. The van der Waals surface area contributed by atoms with Gasteiger partial charge in [0.1, 0.15) is 5.75 Å². The second-order valence-corrected chi connectivity index (χ2v) is 8.70. The molecule has 0 aliphatic carbocycles. The van der Waals surface area contributed by atoms with Gasteiger partial charge in [-0.25, -0.2) is 4.99 Å². The van der Waals surface area contributed by atoms with Crippen molar-refractivity contribution in [1.29, 1.82) is 0 Å². The van der Waals surface area contributed by atoms with Crippen LogP contribution in [-0.4, -0.2) is 23.6 Å². The molecule has 1 heterocycles. The Kier molecular flexibility index (Phi) is 7.12. The minimum absolute atomic E-state index is 0.100. The Morgan fingerprint density at radius 1 is 1.06 bits per heavy atom. The van der Waals surface area contributed by atoms with Gasteiger partial charge in [-0.3, -0.25) is 9.59 Å². The van der Waals surface area contributed by atoms with Crippen LogP contribution in [0.15, 0.2) is 82.7 Å². The molecule has 0 aromatic heterocycles. The number of thioether (sulfide) groups is 1. The third kappa shape index (κ3) is 6.47. The van der Waals surface area contributed by atoms with E-state index < -0.39 is 0 Å². The molecule has 2 N–H and O–H groups in total. The van der Waals surface area contributed by atoms with Crippen LogP contribution in [-0.2, 0) is 9.59 Å². The molecule has 0 radical (unpaired) electrons. The van der Waals surface area contributed by atoms with E-state index in [-0.39, 0.29) is 18.4 Å². The summed E-state index contributed by atoms with van der Waals surface area (Å²) < 4.78 is 5.56. The lowest BCUT2D eigenvalue weighted by molar-refractivity contribution is -0.118. The first kappa shape index (κ1) is 22.6. The summed E-state index contributed by atoms with van der Waals surface area (Å²) in [4.78, 5) is 29.3. The van der Waals surface area contributed by atoms with Crippen LogP contribution in [0.5, 0.6) is 5.75 Å². The molecule has 0 atom stereocenters. The van der Waals surface area contributed by atoms with E-state index >= 15 is 0 Å². The second kappa shape index (κ2) is 10.4. The van der Waals surface area contributed by atoms with Gasteiger partial charge < -0.3 is 15.4 Å². The number of rotatable bonds is 6. The van der Waals surface area contributed by atoms with E-state index in [0.717, 1.165) is 16.8 Å². The molecule has 4 rings (SSSR count). The predicted octanol–water partition coefficient (Wildman–Crippen LogP) is 5.56. The molecule has 33 heavy (non-hydrogen) atoms. The maximum atomic E-state index is 12.3. The molecule has 1 fully saturated rings. The fourth-order valence-corrected chi connectivity index (χ4v) is 3.88. The Labute approximate surface area is 200 Å². The number of hydrogen-bond acceptors (Lipinski definition) is 5. The van der Waals surface area contributed by atoms with Gasteiger partial charge in [0.15, 0.2) is 11.8 Å². The molecule has 0 spiro atoms. The van der Waals surface area contributed by atoms with Crippen LogP contribution in [0.2, 0.25) is 5.02 Å². The highest BCUT2D eigenvalue weighted by molar-refractivity contribution is 8.18. The molecule has 3 aromatic rings. The predicted molar refractivity (Wildman–Crippen MR) is 134 cm³/mol. The SMILES string of the molecule is Cc1ccc(NC(=O)COc2ccc(/C=C3\SC(=Nc4ccc(Cl)cc4)NC3=O)cc2)cc1. The van der Waals surface area contributed by atoms with Crippen molar-refractivity contribution in [2.75, 3.05) is 11.9 Å². The summed E-state index contributed by atoms with van der Waals surface area (Å²) in [6.45, 7) is 1.89. The van der Waals surface area contributed by atoms with E-state index in [0.29, 0.717) is 26.5 Å². The summed E-state index contributed by atoms with van der Waals surface area (Å²) in [7, 11) is 0. The number of benzene rings is 3. The Balaban J connectivity index is 1.33.